The molecule has 4 fully saturated rings. The van der Waals surface area contributed by atoms with E-state index in [0.717, 1.165) is 42.6 Å². The van der Waals surface area contributed by atoms with Crippen molar-refractivity contribution in [3.05, 3.63) is 49.5 Å². The van der Waals surface area contributed by atoms with Crippen LogP contribution in [-0.2, 0) is 14.3 Å². The molecule has 3 aliphatic heterocycles. The molecule has 0 bridgehead atoms. The van der Waals surface area contributed by atoms with Gasteiger partial charge in [-0.1, -0.05) is 32.1 Å². The molecular formula is C31H35Br2N6O4S+. The number of hydrogen-bond acceptors (Lipinski definition) is 8. The molecule has 44 heavy (non-hydrogen) atoms. The first kappa shape index (κ1) is 31.4. The van der Waals surface area contributed by atoms with Gasteiger partial charge in [0.1, 0.15) is 12.1 Å². The van der Waals surface area contributed by atoms with Crippen LogP contribution in [0.4, 0.5) is 5.13 Å². The fourth-order valence-corrected chi connectivity index (χ4v) is 8.42. The highest BCUT2D eigenvalue weighted by molar-refractivity contribution is 9.28. The molecule has 1 saturated carbocycles. The third-order valence-electron chi connectivity index (χ3n) is 9.42. The number of Topliss-reactive ketones (excluding diaryl/α,β-unsaturated/α-hetero) is 1. The number of nitrogens with one attached hydrogen (secondary N) is 1. The molecule has 2 aromatic rings. The number of halogens is 2. The van der Waals surface area contributed by atoms with Gasteiger partial charge in [0.05, 0.1) is 9.09 Å². The van der Waals surface area contributed by atoms with Crippen LogP contribution in [0.3, 0.4) is 0 Å². The number of ether oxygens (including phenoxy) is 1. The quantitative estimate of drug-likeness (QED) is 0.448. The van der Waals surface area contributed by atoms with E-state index in [4.69, 9.17) is 16.3 Å². The number of likely N-dealkylation sites (tertiary alicyclic amines) is 1. The number of piperazine rings is 1. The van der Waals surface area contributed by atoms with Crippen LogP contribution < -0.4 is 10.2 Å². The summed E-state index contributed by atoms with van der Waals surface area (Å²) in [6.07, 6.45) is 1.58. The number of aromatic nitrogens is 1. The average Bonchev–Trinajstić information content (AvgIpc) is 3.26. The van der Waals surface area contributed by atoms with E-state index in [-0.39, 0.29) is 48.5 Å². The third-order valence-corrected chi connectivity index (χ3v) is 10.9. The number of nitrogens with zero attached hydrogens (tertiary/aromatic N) is 5. The molecule has 4 aliphatic rings. The lowest BCUT2D eigenvalue weighted by atomic mass is 9.95. The Hall–Kier alpha value is -2.63. The number of benzene rings is 1. The molecule has 10 nitrogen and oxygen atoms in total. The van der Waals surface area contributed by atoms with E-state index in [2.05, 4.69) is 58.9 Å². The normalized spacial score (nSPS) is 29.8. The summed E-state index contributed by atoms with van der Waals surface area (Å²) in [7, 11) is 2.13. The highest BCUT2D eigenvalue weighted by Crippen LogP contribution is 2.53. The van der Waals surface area contributed by atoms with Crippen LogP contribution in [0.25, 0.3) is 16.1 Å². The predicted molar refractivity (Wildman–Crippen MR) is 177 cm³/mol. The van der Waals surface area contributed by atoms with E-state index in [1.165, 1.54) is 4.90 Å². The summed E-state index contributed by atoms with van der Waals surface area (Å²) in [4.78, 5) is 56.1. The summed E-state index contributed by atoms with van der Waals surface area (Å²) in [6.45, 7) is 13.8. The van der Waals surface area contributed by atoms with E-state index in [0.29, 0.717) is 15.4 Å². The van der Waals surface area contributed by atoms with E-state index < -0.39 is 17.3 Å². The van der Waals surface area contributed by atoms with Crippen molar-refractivity contribution in [3.63, 3.8) is 0 Å². The minimum Gasteiger partial charge on any atom is -0.358 e. The number of hydrogen-bond donors (Lipinski definition) is 1. The van der Waals surface area contributed by atoms with Crippen LogP contribution in [-0.4, -0.2) is 96.1 Å². The van der Waals surface area contributed by atoms with Crippen molar-refractivity contribution < 1.29 is 19.1 Å². The highest BCUT2D eigenvalue weighted by Gasteiger charge is 2.77. The fourth-order valence-electron chi connectivity index (χ4n) is 6.86. The van der Waals surface area contributed by atoms with Gasteiger partial charge in [0.2, 0.25) is 0 Å². The number of anilines is 1. The van der Waals surface area contributed by atoms with Gasteiger partial charge in [0.25, 0.3) is 24.2 Å². The monoisotopic (exact) mass is 745 g/mol. The minimum absolute atomic E-state index is 0.107. The molecule has 4 heterocycles. The molecule has 232 valence electrons. The van der Waals surface area contributed by atoms with Gasteiger partial charge >= 0.3 is 5.66 Å². The number of fused-ring (bicyclic) bond motifs is 1. The molecule has 1 aromatic heterocycles. The topological polar surface area (TPSA) is 99.4 Å². The van der Waals surface area contributed by atoms with Crippen molar-refractivity contribution in [2.45, 2.75) is 37.6 Å². The Kier molecular flexibility index (Phi) is 8.51. The number of likely N-dealkylation sites (N-methyl/N-ethyl adjacent to an activating group) is 1. The second-order valence-corrected chi connectivity index (χ2v) is 16.0. The van der Waals surface area contributed by atoms with Crippen LogP contribution in [0.5, 0.6) is 0 Å². The van der Waals surface area contributed by atoms with Crippen molar-refractivity contribution in [1.29, 1.82) is 0 Å². The Balaban J connectivity index is 1.22. The van der Waals surface area contributed by atoms with Gasteiger partial charge in [-0.25, -0.2) is 4.98 Å². The van der Waals surface area contributed by atoms with Gasteiger partial charge in [-0.2, -0.15) is 0 Å². The maximum absolute atomic E-state index is 14.4. The third kappa shape index (κ3) is 5.32. The highest BCUT2D eigenvalue weighted by atomic mass is 79.9. The predicted octanol–water partition coefficient (Wildman–Crippen LogP) is 4.42. The maximum Gasteiger partial charge on any atom is 0.444 e. The Labute approximate surface area is 277 Å². The summed E-state index contributed by atoms with van der Waals surface area (Å²) >= 11 is 8.39. The van der Waals surface area contributed by atoms with Crippen LogP contribution in [0.1, 0.15) is 30.6 Å². The zero-order chi connectivity index (χ0) is 31.4. The second-order valence-electron chi connectivity index (χ2n) is 12.4. The van der Waals surface area contributed by atoms with E-state index in [1.54, 1.807) is 23.5 Å². The summed E-state index contributed by atoms with van der Waals surface area (Å²) < 4.78 is 6.49. The van der Waals surface area contributed by atoms with Gasteiger partial charge in [-0.05, 0) is 74.1 Å². The van der Waals surface area contributed by atoms with E-state index >= 15 is 0 Å². The largest absolute Gasteiger partial charge is 0.444 e. The molecule has 1 aliphatic carbocycles. The first-order valence-electron chi connectivity index (χ1n) is 14.7. The van der Waals surface area contributed by atoms with Gasteiger partial charge in [0.15, 0.2) is 11.2 Å². The van der Waals surface area contributed by atoms with Crippen molar-refractivity contribution in [2.24, 2.45) is 17.8 Å². The van der Waals surface area contributed by atoms with Crippen LogP contribution in [0, 0.1) is 24.3 Å². The maximum atomic E-state index is 14.4. The minimum atomic E-state index is -1.63. The van der Waals surface area contributed by atoms with Crippen LogP contribution in [0.2, 0.25) is 0 Å². The number of carbonyl (C=O) groups is 3. The number of thiazole rings is 1. The molecule has 2 amide bonds. The molecular weight excluding hydrogens is 712 g/mol. The van der Waals surface area contributed by atoms with Gasteiger partial charge in [0, 0.05) is 55.1 Å². The Morgan fingerprint density at radius 1 is 1.20 bits per heavy atom. The first-order chi connectivity index (χ1) is 21.0. The standard InChI is InChI=1S/C31H34Br2N6O4S/c1-18(2)22-14-30(22,28(42)39-15-21(13-25(32)33)26-31(39,34-3)24(40)16-43-26)36-27(41)20-7-5-19(6-8-20)23-17-44-29(35-23)38-11-9-37(4)10-12-38/h3,5-8,13,17-18,21-22,26H,9-12,14-16H2,1-2,4H3/p+1/t21-,22?,26-,30?,31-/m1/s1. The average molecular weight is 748 g/mol. The van der Waals surface area contributed by atoms with Gasteiger partial charge < -0.3 is 19.9 Å². The molecule has 1 N–H and O–H groups in total. The van der Waals surface area contributed by atoms with Crippen LogP contribution in [0.15, 0.2) is 39.1 Å². The number of ketones is 1. The Morgan fingerprint density at radius 2 is 1.91 bits per heavy atom. The lowest BCUT2D eigenvalue weighted by Crippen LogP contribution is -2.60. The lowest BCUT2D eigenvalue weighted by molar-refractivity contribution is -0.142. The molecule has 1 aromatic carbocycles. The molecule has 2 unspecified atom stereocenters. The van der Waals surface area contributed by atoms with Crippen molar-refractivity contribution in [3.8, 4) is 17.8 Å². The summed E-state index contributed by atoms with van der Waals surface area (Å²) in [5.74, 6) is -1.40. The fraction of sp³-hybridized carbons (Fsp3) is 0.516. The summed E-state index contributed by atoms with van der Waals surface area (Å²) in [5.41, 5.74) is -0.584. The van der Waals surface area contributed by atoms with E-state index in [1.807, 2.05) is 37.4 Å². The molecule has 3 saturated heterocycles. The SMILES string of the molecule is C#[N+][C@@]12C(=O)CO[C@@H]1[C@H](C=C(Br)Br)CN2C(=O)C1(NC(=O)c2ccc(-c3csc(N4CCN(C)CC4)n3)cc2)CC1C(C)C. The number of rotatable bonds is 7. The first-order valence-corrected chi connectivity index (χ1v) is 17.2. The van der Waals surface area contributed by atoms with Gasteiger partial charge in [-0.15, -0.1) is 11.3 Å². The molecule has 0 spiro atoms. The number of amides is 2. The Bertz CT molecular complexity index is 1540. The van der Waals surface area contributed by atoms with Crippen molar-refractivity contribution >= 4 is 65.9 Å². The zero-order valence-corrected chi connectivity index (χ0v) is 28.8. The molecule has 6 rings (SSSR count). The zero-order valence-electron chi connectivity index (χ0n) is 24.8. The van der Waals surface area contributed by atoms with Crippen molar-refractivity contribution in [2.75, 3.05) is 51.3 Å². The van der Waals surface area contributed by atoms with Crippen molar-refractivity contribution in [1.82, 2.24) is 20.1 Å². The molecule has 13 heteroatoms. The van der Waals surface area contributed by atoms with Crippen LogP contribution >= 0.6 is 43.2 Å². The van der Waals surface area contributed by atoms with Gasteiger partial charge in [-0.3, -0.25) is 19.3 Å². The molecule has 5 atom stereocenters. The summed E-state index contributed by atoms with van der Waals surface area (Å²) in [5, 5.41) is 6.11. The smallest absolute Gasteiger partial charge is 0.358 e. The Morgan fingerprint density at radius 3 is 2.52 bits per heavy atom. The molecule has 0 radical (unpaired) electrons. The number of carbonyl (C=O) groups excluding carboxylic acids is 3. The second kappa shape index (κ2) is 11.9. The lowest BCUT2D eigenvalue weighted by Gasteiger charge is -2.32. The van der Waals surface area contributed by atoms with E-state index in [9.17, 15) is 14.4 Å². The summed E-state index contributed by atoms with van der Waals surface area (Å²) in [6, 6.07) is 7.29.